The normalized spacial score (nSPS) is 14.6. The monoisotopic (exact) mass is 254 g/mol. The number of amides is 1. The van der Waals surface area contributed by atoms with Crippen molar-refractivity contribution in [2.24, 2.45) is 0 Å². The van der Waals surface area contributed by atoms with Crippen LogP contribution < -0.4 is 0 Å². The summed E-state index contributed by atoms with van der Waals surface area (Å²) < 4.78 is 0. The highest BCUT2D eigenvalue weighted by molar-refractivity contribution is 5.94. The lowest BCUT2D eigenvalue weighted by molar-refractivity contribution is 0.0792. The lowest BCUT2D eigenvalue weighted by atomic mass is 10.2. The van der Waals surface area contributed by atoms with Crippen LogP contribution >= 0.6 is 0 Å². The maximum absolute atomic E-state index is 12.2. The summed E-state index contributed by atoms with van der Waals surface area (Å²) in [4.78, 5) is 26.3. The molecule has 3 heterocycles. The largest absolute Gasteiger partial charge is 0.339 e. The van der Waals surface area contributed by atoms with Gasteiger partial charge in [-0.15, -0.1) is 0 Å². The zero-order valence-corrected chi connectivity index (χ0v) is 10.5. The lowest BCUT2D eigenvalue weighted by Crippen LogP contribution is -2.27. The van der Waals surface area contributed by atoms with Crippen molar-refractivity contribution in [2.75, 3.05) is 13.1 Å². The minimum atomic E-state index is 0.0702. The molecule has 1 amide bonds. The predicted molar refractivity (Wildman–Crippen MR) is 70.4 cm³/mol. The zero-order valence-electron chi connectivity index (χ0n) is 10.5. The molecule has 0 unspecified atom stereocenters. The standard InChI is InChI=1S/C14H14N4O/c19-14(18-5-1-2-6-18)11-3-4-13(17-9-11)12-7-15-10-16-8-12/h3-4,7-10H,1-2,5-6H2. The SMILES string of the molecule is O=C(c1ccc(-c2cncnc2)nc1)N1CCCC1. The third-order valence-corrected chi connectivity index (χ3v) is 3.26. The van der Waals surface area contributed by atoms with E-state index in [4.69, 9.17) is 0 Å². The molecule has 19 heavy (non-hydrogen) atoms. The summed E-state index contributed by atoms with van der Waals surface area (Å²) in [5, 5.41) is 0. The van der Waals surface area contributed by atoms with Gasteiger partial charge in [-0.25, -0.2) is 9.97 Å². The fourth-order valence-electron chi connectivity index (χ4n) is 2.23. The molecule has 0 bridgehead atoms. The fraction of sp³-hybridized carbons (Fsp3) is 0.286. The first-order chi connectivity index (χ1) is 9.34. The molecule has 96 valence electrons. The summed E-state index contributed by atoms with van der Waals surface area (Å²) in [7, 11) is 0. The minimum absolute atomic E-state index is 0.0702. The molecule has 5 heteroatoms. The fourth-order valence-corrected chi connectivity index (χ4v) is 2.23. The summed E-state index contributed by atoms with van der Waals surface area (Å²) in [5.41, 5.74) is 2.27. The van der Waals surface area contributed by atoms with Crippen LogP contribution in [-0.2, 0) is 0 Å². The van der Waals surface area contributed by atoms with Crippen molar-refractivity contribution in [3.8, 4) is 11.3 Å². The molecule has 1 aliphatic heterocycles. The Labute approximate surface area is 111 Å². The second kappa shape index (κ2) is 5.14. The molecular weight excluding hydrogens is 240 g/mol. The van der Waals surface area contributed by atoms with Gasteiger partial charge in [-0.1, -0.05) is 0 Å². The molecule has 0 N–H and O–H groups in total. The highest BCUT2D eigenvalue weighted by Gasteiger charge is 2.19. The Kier molecular flexibility index (Phi) is 3.18. The average Bonchev–Trinajstić information content (AvgIpc) is 3.02. The van der Waals surface area contributed by atoms with Crippen molar-refractivity contribution in [1.29, 1.82) is 0 Å². The van der Waals surface area contributed by atoms with E-state index in [9.17, 15) is 4.79 Å². The van der Waals surface area contributed by atoms with E-state index in [0.717, 1.165) is 37.2 Å². The van der Waals surface area contributed by atoms with Gasteiger partial charge in [-0.05, 0) is 25.0 Å². The first kappa shape index (κ1) is 11.8. The van der Waals surface area contributed by atoms with Gasteiger partial charge in [-0.2, -0.15) is 0 Å². The Morgan fingerprint density at radius 2 is 1.79 bits per heavy atom. The van der Waals surface area contributed by atoms with Crippen LogP contribution in [0.1, 0.15) is 23.2 Å². The average molecular weight is 254 g/mol. The molecule has 0 atom stereocenters. The highest BCUT2D eigenvalue weighted by Crippen LogP contribution is 2.16. The van der Waals surface area contributed by atoms with Gasteiger partial charge < -0.3 is 4.90 Å². The second-order valence-electron chi connectivity index (χ2n) is 4.56. The van der Waals surface area contributed by atoms with Crippen molar-refractivity contribution >= 4 is 5.91 Å². The Morgan fingerprint density at radius 3 is 2.42 bits per heavy atom. The molecular formula is C14H14N4O. The van der Waals surface area contributed by atoms with E-state index in [1.165, 1.54) is 6.33 Å². The van der Waals surface area contributed by atoms with Gasteiger partial charge in [0.25, 0.3) is 5.91 Å². The van der Waals surface area contributed by atoms with E-state index >= 15 is 0 Å². The molecule has 3 rings (SSSR count). The van der Waals surface area contributed by atoms with Gasteiger partial charge in [0.1, 0.15) is 6.33 Å². The molecule has 0 saturated carbocycles. The van der Waals surface area contributed by atoms with E-state index < -0.39 is 0 Å². The first-order valence-electron chi connectivity index (χ1n) is 6.35. The second-order valence-corrected chi connectivity index (χ2v) is 4.56. The number of hydrogen-bond donors (Lipinski definition) is 0. The number of aromatic nitrogens is 3. The maximum Gasteiger partial charge on any atom is 0.255 e. The summed E-state index contributed by atoms with van der Waals surface area (Å²) in [5.74, 6) is 0.0702. The third-order valence-electron chi connectivity index (χ3n) is 3.26. The van der Waals surface area contributed by atoms with E-state index in [2.05, 4.69) is 15.0 Å². The summed E-state index contributed by atoms with van der Waals surface area (Å²) in [6.45, 7) is 1.71. The van der Waals surface area contributed by atoms with Crippen LogP contribution in [0.3, 0.4) is 0 Å². The Morgan fingerprint density at radius 1 is 1.05 bits per heavy atom. The molecule has 0 radical (unpaired) electrons. The smallest absolute Gasteiger partial charge is 0.255 e. The number of hydrogen-bond acceptors (Lipinski definition) is 4. The predicted octanol–water partition coefficient (Wildman–Crippen LogP) is 1.77. The van der Waals surface area contributed by atoms with E-state index in [1.54, 1.807) is 18.6 Å². The quantitative estimate of drug-likeness (QED) is 0.819. The van der Waals surface area contributed by atoms with Crippen molar-refractivity contribution in [3.63, 3.8) is 0 Å². The van der Waals surface area contributed by atoms with Gasteiger partial charge in [-0.3, -0.25) is 9.78 Å². The van der Waals surface area contributed by atoms with E-state index in [1.807, 2.05) is 17.0 Å². The lowest BCUT2D eigenvalue weighted by Gasteiger charge is -2.14. The molecule has 2 aromatic heterocycles. The maximum atomic E-state index is 12.2. The Balaban J connectivity index is 1.81. The number of likely N-dealkylation sites (tertiary alicyclic amines) is 1. The number of pyridine rings is 1. The molecule has 1 aliphatic rings. The van der Waals surface area contributed by atoms with Crippen LogP contribution in [0.25, 0.3) is 11.3 Å². The van der Waals surface area contributed by atoms with Crippen LogP contribution in [-0.4, -0.2) is 38.8 Å². The van der Waals surface area contributed by atoms with Gasteiger partial charge in [0.15, 0.2) is 0 Å². The molecule has 0 spiro atoms. The summed E-state index contributed by atoms with van der Waals surface area (Å²) in [6, 6.07) is 3.65. The number of rotatable bonds is 2. The van der Waals surface area contributed by atoms with Gasteiger partial charge in [0, 0.05) is 37.2 Å². The molecule has 1 saturated heterocycles. The van der Waals surface area contributed by atoms with Crippen LogP contribution in [0.5, 0.6) is 0 Å². The highest BCUT2D eigenvalue weighted by atomic mass is 16.2. The number of nitrogens with zero attached hydrogens (tertiary/aromatic N) is 4. The van der Waals surface area contributed by atoms with Crippen molar-refractivity contribution in [3.05, 3.63) is 42.6 Å². The van der Waals surface area contributed by atoms with Crippen molar-refractivity contribution < 1.29 is 4.79 Å². The summed E-state index contributed by atoms with van der Waals surface area (Å²) >= 11 is 0. The first-order valence-corrected chi connectivity index (χ1v) is 6.35. The molecule has 0 aliphatic carbocycles. The molecule has 1 fully saturated rings. The van der Waals surface area contributed by atoms with Crippen molar-refractivity contribution in [2.45, 2.75) is 12.8 Å². The topological polar surface area (TPSA) is 59.0 Å². The molecule has 5 nitrogen and oxygen atoms in total. The number of carbonyl (C=O) groups excluding carboxylic acids is 1. The zero-order chi connectivity index (χ0) is 13.1. The van der Waals surface area contributed by atoms with Crippen LogP contribution in [0.2, 0.25) is 0 Å². The molecule has 2 aromatic rings. The van der Waals surface area contributed by atoms with Crippen LogP contribution in [0.15, 0.2) is 37.1 Å². The van der Waals surface area contributed by atoms with E-state index in [-0.39, 0.29) is 5.91 Å². The van der Waals surface area contributed by atoms with Gasteiger partial charge >= 0.3 is 0 Å². The minimum Gasteiger partial charge on any atom is -0.339 e. The Hall–Kier alpha value is -2.30. The van der Waals surface area contributed by atoms with Crippen LogP contribution in [0, 0.1) is 0 Å². The number of carbonyl (C=O) groups is 1. The molecule has 0 aromatic carbocycles. The van der Waals surface area contributed by atoms with Gasteiger partial charge in [0.05, 0.1) is 11.3 Å². The van der Waals surface area contributed by atoms with Gasteiger partial charge in [0.2, 0.25) is 0 Å². The third kappa shape index (κ3) is 2.45. The summed E-state index contributed by atoms with van der Waals surface area (Å²) in [6.07, 6.45) is 8.71. The van der Waals surface area contributed by atoms with E-state index in [0.29, 0.717) is 5.56 Å². The van der Waals surface area contributed by atoms with Crippen molar-refractivity contribution in [1.82, 2.24) is 19.9 Å². The van der Waals surface area contributed by atoms with Crippen LogP contribution in [0.4, 0.5) is 0 Å². The Bertz CT molecular complexity index is 562.